The molecule has 5 heteroatoms. The molecule has 1 heterocycles. The number of aromatic amines is 1. The summed E-state index contributed by atoms with van der Waals surface area (Å²) in [4.78, 5) is 13.2. The number of H-pyrrole nitrogens is 1. The third-order valence-corrected chi connectivity index (χ3v) is 2.44. The Hall–Kier alpha value is -2.14. The lowest BCUT2D eigenvalue weighted by molar-refractivity contribution is -0.384. The Morgan fingerprint density at radius 2 is 2.06 bits per heavy atom. The first-order chi connectivity index (χ1) is 8.25. The molecule has 0 atom stereocenters. The minimum atomic E-state index is -0.379. The molecule has 2 aromatic rings. The van der Waals surface area contributed by atoms with E-state index in [9.17, 15) is 10.1 Å². The van der Waals surface area contributed by atoms with Gasteiger partial charge in [-0.2, -0.15) is 0 Å². The van der Waals surface area contributed by atoms with E-state index in [1.807, 2.05) is 24.5 Å². The SMILES string of the molecule is O=[N+]([O-])c1cccc(CNCc2cc[nH]c2)c1. The lowest BCUT2D eigenvalue weighted by Crippen LogP contribution is -2.12. The van der Waals surface area contributed by atoms with E-state index in [0.29, 0.717) is 6.54 Å². The predicted octanol–water partition coefficient (Wildman–Crippen LogP) is 2.21. The number of non-ortho nitro benzene ring substituents is 1. The monoisotopic (exact) mass is 231 g/mol. The molecule has 1 aromatic carbocycles. The quantitative estimate of drug-likeness (QED) is 0.612. The number of nitro benzene ring substituents is 1. The van der Waals surface area contributed by atoms with Gasteiger partial charge in [0.1, 0.15) is 0 Å². The highest BCUT2D eigenvalue weighted by molar-refractivity contribution is 5.34. The summed E-state index contributed by atoms with van der Waals surface area (Å²) in [6.07, 6.45) is 3.78. The first-order valence-corrected chi connectivity index (χ1v) is 5.31. The maximum Gasteiger partial charge on any atom is 0.269 e. The van der Waals surface area contributed by atoms with Crippen molar-refractivity contribution in [3.05, 3.63) is 64.0 Å². The van der Waals surface area contributed by atoms with Gasteiger partial charge in [-0.25, -0.2) is 0 Å². The van der Waals surface area contributed by atoms with E-state index < -0.39 is 0 Å². The van der Waals surface area contributed by atoms with Crippen molar-refractivity contribution in [1.82, 2.24) is 10.3 Å². The van der Waals surface area contributed by atoms with Crippen molar-refractivity contribution in [1.29, 1.82) is 0 Å². The van der Waals surface area contributed by atoms with E-state index in [-0.39, 0.29) is 10.6 Å². The van der Waals surface area contributed by atoms with E-state index in [2.05, 4.69) is 10.3 Å². The molecule has 0 aliphatic heterocycles. The van der Waals surface area contributed by atoms with Crippen molar-refractivity contribution in [3.8, 4) is 0 Å². The Balaban J connectivity index is 1.90. The second-order valence-corrected chi connectivity index (χ2v) is 3.75. The standard InChI is InChI=1S/C12H13N3O2/c16-15(17)12-3-1-2-10(6-12)7-14-9-11-4-5-13-8-11/h1-6,8,13-14H,7,9H2. The fourth-order valence-electron chi connectivity index (χ4n) is 1.60. The molecule has 0 radical (unpaired) electrons. The summed E-state index contributed by atoms with van der Waals surface area (Å²) in [7, 11) is 0. The molecule has 0 aliphatic carbocycles. The highest BCUT2D eigenvalue weighted by atomic mass is 16.6. The number of aromatic nitrogens is 1. The number of rotatable bonds is 5. The van der Waals surface area contributed by atoms with E-state index in [4.69, 9.17) is 0 Å². The third kappa shape index (κ3) is 3.15. The minimum Gasteiger partial charge on any atom is -0.367 e. The van der Waals surface area contributed by atoms with Gasteiger partial charge >= 0.3 is 0 Å². The Bertz CT molecular complexity index is 494. The van der Waals surface area contributed by atoms with Crippen molar-refractivity contribution in [2.75, 3.05) is 0 Å². The lowest BCUT2D eigenvalue weighted by Gasteiger charge is -2.03. The highest BCUT2D eigenvalue weighted by Gasteiger charge is 2.04. The van der Waals surface area contributed by atoms with Crippen LogP contribution in [0.15, 0.2) is 42.7 Å². The Labute approximate surface area is 98.6 Å². The molecule has 0 bridgehead atoms. The van der Waals surface area contributed by atoms with Crippen LogP contribution in [0.4, 0.5) is 5.69 Å². The summed E-state index contributed by atoms with van der Waals surface area (Å²) in [5.41, 5.74) is 2.20. The van der Waals surface area contributed by atoms with E-state index >= 15 is 0 Å². The molecule has 2 N–H and O–H groups in total. The molecule has 0 spiro atoms. The fourth-order valence-corrected chi connectivity index (χ4v) is 1.60. The zero-order valence-corrected chi connectivity index (χ0v) is 9.22. The Morgan fingerprint density at radius 1 is 1.24 bits per heavy atom. The third-order valence-electron chi connectivity index (χ3n) is 2.44. The zero-order chi connectivity index (χ0) is 12.1. The van der Waals surface area contributed by atoms with Crippen molar-refractivity contribution < 1.29 is 4.92 Å². The topological polar surface area (TPSA) is 71.0 Å². The van der Waals surface area contributed by atoms with Gasteiger partial charge in [0.15, 0.2) is 0 Å². The van der Waals surface area contributed by atoms with Crippen LogP contribution in [0.2, 0.25) is 0 Å². The smallest absolute Gasteiger partial charge is 0.269 e. The maximum absolute atomic E-state index is 10.6. The molecule has 1 aromatic heterocycles. The normalized spacial score (nSPS) is 10.4. The molecule has 2 rings (SSSR count). The van der Waals surface area contributed by atoms with Gasteiger partial charge in [-0.05, 0) is 17.2 Å². The van der Waals surface area contributed by atoms with Crippen molar-refractivity contribution in [2.45, 2.75) is 13.1 Å². The van der Waals surface area contributed by atoms with Crippen molar-refractivity contribution >= 4 is 5.69 Å². The van der Waals surface area contributed by atoms with Crippen LogP contribution in [0.25, 0.3) is 0 Å². The Kier molecular flexibility index (Phi) is 3.52. The molecule has 5 nitrogen and oxygen atoms in total. The number of nitrogens with one attached hydrogen (secondary N) is 2. The molecule has 0 fully saturated rings. The van der Waals surface area contributed by atoms with Gasteiger partial charge in [0.05, 0.1) is 4.92 Å². The van der Waals surface area contributed by atoms with Crippen LogP contribution in [0.1, 0.15) is 11.1 Å². The summed E-state index contributed by atoms with van der Waals surface area (Å²) >= 11 is 0. The summed E-state index contributed by atoms with van der Waals surface area (Å²) < 4.78 is 0. The second kappa shape index (κ2) is 5.27. The number of hydrogen-bond acceptors (Lipinski definition) is 3. The van der Waals surface area contributed by atoms with Crippen LogP contribution < -0.4 is 5.32 Å². The molecule has 0 aliphatic rings. The van der Waals surface area contributed by atoms with Crippen molar-refractivity contribution in [3.63, 3.8) is 0 Å². The zero-order valence-electron chi connectivity index (χ0n) is 9.22. The molecule has 0 saturated heterocycles. The highest BCUT2D eigenvalue weighted by Crippen LogP contribution is 2.12. The molecule has 0 saturated carbocycles. The molecular weight excluding hydrogens is 218 g/mol. The van der Waals surface area contributed by atoms with Gasteiger partial charge in [0.25, 0.3) is 5.69 Å². The van der Waals surface area contributed by atoms with Crippen LogP contribution in [-0.2, 0) is 13.1 Å². The molecule has 0 amide bonds. The van der Waals surface area contributed by atoms with E-state index in [1.54, 1.807) is 12.1 Å². The largest absolute Gasteiger partial charge is 0.367 e. The molecular formula is C12H13N3O2. The summed E-state index contributed by atoms with van der Waals surface area (Å²) in [5.74, 6) is 0. The van der Waals surface area contributed by atoms with Gasteiger partial charge in [0, 0.05) is 37.6 Å². The number of nitrogens with zero attached hydrogens (tertiary/aromatic N) is 1. The summed E-state index contributed by atoms with van der Waals surface area (Å²) in [5, 5.41) is 13.8. The predicted molar refractivity (Wildman–Crippen MR) is 64.4 cm³/mol. The minimum absolute atomic E-state index is 0.131. The summed E-state index contributed by atoms with van der Waals surface area (Å²) in [6, 6.07) is 8.64. The fraction of sp³-hybridized carbons (Fsp3) is 0.167. The first kappa shape index (κ1) is 11.3. The molecule has 17 heavy (non-hydrogen) atoms. The summed E-state index contributed by atoms with van der Waals surface area (Å²) in [6.45, 7) is 1.36. The van der Waals surface area contributed by atoms with Crippen LogP contribution in [0.5, 0.6) is 0 Å². The average molecular weight is 231 g/mol. The average Bonchev–Trinajstić information content (AvgIpc) is 2.82. The van der Waals surface area contributed by atoms with Gasteiger partial charge in [-0.15, -0.1) is 0 Å². The van der Waals surface area contributed by atoms with Gasteiger partial charge < -0.3 is 10.3 Å². The van der Waals surface area contributed by atoms with E-state index in [1.165, 1.54) is 6.07 Å². The van der Waals surface area contributed by atoms with E-state index in [0.717, 1.165) is 17.7 Å². The van der Waals surface area contributed by atoms with Crippen LogP contribution in [-0.4, -0.2) is 9.91 Å². The lowest BCUT2D eigenvalue weighted by atomic mass is 10.2. The Morgan fingerprint density at radius 3 is 2.76 bits per heavy atom. The molecule has 88 valence electrons. The van der Waals surface area contributed by atoms with Crippen LogP contribution >= 0.6 is 0 Å². The maximum atomic E-state index is 10.6. The van der Waals surface area contributed by atoms with Crippen LogP contribution in [0.3, 0.4) is 0 Å². The number of hydrogen-bond donors (Lipinski definition) is 2. The number of nitro groups is 1. The van der Waals surface area contributed by atoms with Gasteiger partial charge in [0.2, 0.25) is 0 Å². The van der Waals surface area contributed by atoms with Gasteiger partial charge in [-0.3, -0.25) is 10.1 Å². The first-order valence-electron chi connectivity index (χ1n) is 5.31. The van der Waals surface area contributed by atoms with Crippen LogP contribution in [0, 0.1) is 10.1 Å². The second-order valence-electron chi connectivity index (χ2n) is 3.75. The van der Waals surface area contributed by atoms with Gasteiger partial charge in [-0.1, -0.05) is 12.1 Å². The number of benzene rings is 1. The van der Waals surface area contributed by atoms with Crippen molar-refractivity contribution in [2.24, 2.45) is 0 Å². The molecule has 0 unspecified atom stereocenters.